The van der Waals surface area contributed by atoms with Gasteiger partial charge in [0.15, 0.2) is 0 Å². The molecule has 1 aromatic carbocycles. The Hall–Kier alpha value is -2.06. The van der Waals surface area contributed by atoms with Gasteiger partial charge in [-0.15, -0.1) is 0 Å². The second kappa shape index (κ2) is 5.38. The van der Waals surface area contributed by atoms with Crippen molar-refractivity contribution in [3.8, 4) is 6.07 Å². The molecule has 0 aliphatic carbocycles. The smallest absolute Gasteiger partial charge is 0.410 e. The number of carbonyl (C=O) groups excluding carboxylic acids is 1. The molecule has 0 saturated carbocycles. The zero-order valence-electron chi connectivity index (χ0n) is 12.2. The van der Waals surface area contributed by atoms with Gasteiger partial charge >= 0.3 is 6.09 Å². The highest BCUT2D eigenvalue weighted by Gasteiger charge is 2.46. The number of ether oxygens (including phenoxy) is 1. The van der Waals surface area contributed by atoms with Crippen LogP contribution >= 0.6 is 0 Å². The molecule has 0 aromatic heterocycles. The number of nitrogens with zero attached hydrogens (tertiary/aromatic N) is 3. The predicted octanol–water partition coefficient (Wildman–Crippen LogP) is 1.97. The van der Waals surface area contributed by atoms with E-state index in [1.807, 2.05) is 24.3 Å². The van der Waals surface area contributed by atoms with Crippen LogP contribution in [-0.2, 0) is 11.3 Å². The predicted molar refractivity (Wildman–Crippen MR) is 77.5 cm³/mol. The van der Waals surface area contributed by atoms with Crippen molar-refractivity contribution in [1.82, 2.24) is 9.80 Å². The lowest BCUT2D eigenvalue weighted by Crippen LogP contribution is -2.50. The van der Waals surface area contributed by atoms with Crippen LogP contribution in [0, 0.1) is 11.3 Å². The van der Waals surface area contributed by atoms with Gasteiger partial charge in [0.25, 0.3) is 0 Å². The lowest BCUT2D eigenvalue weighted by molar-refractivity contribution is -0.0113. The van der Waals surface area contributed by atoms with E-state index in [1.165, 1.54) is 0 Å². The van der Waals surface area contributed by atoms with E-state index in [4.69, 9.17) is 4.74 Å². The number of nitriles is 1. The van der Waals surface area contributed by atoms with Gasteiger partial charge < -0.3 is 9.64 Å². The summed E-state index contributed by atoms with van der Waals surface area (Å²) in [5.41, 5.74) is 1.39. The molecule has 0 bridgehead atoms. The van der Waals surface area contributed by atoms with E-state index in [0.717, 1.165) is 43.6 Å². The van der Waals surface area contributed by atoms with Gasteiger partial charge in [0, 0.05) is 20.1 Å². The summed E-state index contributed by atoms with van der Waals surface area (Å²) >= 11 is 0. The van der Waals surface area contributed by atoms with Crippen LogP contribution < -0.4 is 0 Å². The van der Waals surface area contributed by atoms with E-state index < -0.39 is 0 Å². The number of amides is 1. The first-order valence-corrected chi connectivity index (χ1v) is 7.26. The summed E-state index contributed by atoms with van der Waals surface area (Å²) in [6.45, 7) is 3.10. The fourth-order valence-electron chi connectivity index (χ4n) is 3.34. The van der Waals surface area contributed by atoms with Gasteiger partial charge in [-0.2, -0.15) is 5.26 Å². The van der Waals surface area contributed by atoms with Crippen molar-refractivity contribution in [2.24, 2.45) is 0 Å². The Bertz CT molecular complexity index is 595. The van der Waals surface area contributed by atoms with Crippen molar-refractivity contribution in [3.05, 3.63) is 35.4 Å². The fraction of sp³-hybridized carbons (Fsp3) is 0.500. The molecule has 5 heteroatoms. The minimum atomic E-state index is -0.369. The number of hydrogen-bond acceptors (Lipinski definition) is 4. The topological polar surface area (TPSA) is 56.6 Å². The van der Waals surface area contributed by atoms with Crippen molar-refractivity contribution in [3.63, 3.8) is 0 Å². The first-order chi connectivity index (χ1) is 10.1. The van der Waals surface area contributed by atoms with Gasteiger partial charge in [-0.1, -0.05) is 18.2 Å². The molecule has 1 amide bonds. The second-order valence-electron chi connectivity index (χ2n) is 5.99. The lowest BCUT2D eigenvalue weighted by atomic mass is 9.92. The lowest BCUT2D eigenvalue weighted by Gasteiger charge is -2.38. The van der Waals surface area contributed by atoms with Crippen molar-refractivity contribution in [2.45, 2.75) is 25.0 Å². The van der Waals surface area contributed by atoms with E-state index in [9.17, 15) is 10.1 Å². The Morgan fingerprint density at radius 3 is 2.90 bits per heavy atom. The van der Waals surface area contributed by atoms with E-state index in [2.05, 4.69) is 11.0 Å². The number of likely N-dealkylation sites (tertiary alicyclic amines) is 1. The molecule has 0 N–H and O–H groups in total. The fourth-order valence-corrected chi connectivity index (χ4v) is 3.34. The quantitative estimate of drug-likeness (QED) is 0.833. The van der Waals surface area contributed by atoms with Crippen LogP contribution in [0.5, 0.6) is 0 Å². The molecule has 1 atom stereocenters. The maximum Gasteiger partial charge on any atom is 0.410 e. The third kappa shape index (κ3) is 2.72. The van der Waals surface area contributed by atoms with Gasteiger partial charge in [-0.25, -0.2) is 4.79 Å². The highest BCUT2D eigenvalue weighted by atomic mass is 16.6. The molecule has 110 valence electrons. The Morgan fingerprint density at radius 1 is 1.38 bits per heavy atom. The average molecular weight is 285 g/mol. The van der Waals surface area contributed by atoms with E-state index in [-0.39, 0.29) is 11.7 Å². The number of piperidine rings is 1. The summed E-state index contributed by atoms with van der Waals surface area (Å²) in [5.74, 6) is 0. The third-order valence-electron chi connectivity index (χ3n) is 4.29. The first kappa shape index (κ1) is 13.9. The van der Waals surface area contributed by atoms with Crippen molar-refractivity contribution < 1.29 is 9.53 Å². The van der Waals surface area contributed by atoms with Gasteiger partial charge in [-0.3, -0.25) is 4.90 Å². The average Bonchev–Trinajstić information content (AvgIpc) is 2.73. The van der Waals surface area contributed by atoms with Crippen LogP contribution in [0.4, 0.5) is 4.79 Å². The molecule has 2 aliphatic heterocycles. The Kier molecular flexibility index (Phi) is 3.56. The zero-order valence-corrected chi connectivity index (χ0v) is 12.2. The standard InChI is InChI=1S/C16H19N3O2/c1-18-11-16(21-15(18)20)7-4-8-19(12-16)10-14-6-3-2-5-13(14)9-17/h2-3,5-6H,4,7-8,10-12H2,1H3/t16-/m0/s1. The first-order valence-electron chi connectivity index (χ1n) is 7.26. The highest BCUT2D eigenvalue weighted by molar-refractivity contribution is 5.70. The van der Waals surface area contributed by atoms with Crippen LogP contribution in [0.3, 0.4) is 0 Å². The molecule has 2 fully saturated rings. The van der Waals surface area contributed by atoms with Crippen molar-refractivity contribution in [1.29, 1.82) is 5.26 Å². The molecule has 21 heavy (non-hydrogen) atoms. The summed E-state index contributed by atoms with van der Waals surface area (Å²) in [6, 6.07) is 9.92. The van der Waals surface area contributed by atoms with E-state index in [1.54, 1.807) is 11.9 Å². The van der Waals surface area contributed by atoms with Crippen LogP contribution in [0.25, 0.3) is 0 Å². The van der Waals surface area contributed by atoms with Gasteiger partial charge in [-0.05, 0) is 31.0 Å². The Morgan fingerprint density at radius 2 is 2.19 bits per heavy atom. The number of likely N-dealkylation sites (N-methyl/N-ethyl adjacent to an activating group) is 1. The SMILES string of the molecule is CN1C[C@]2(CCCN(Cc3ccccc3C#N)C2)OC1=O. The zero-order chi connectivity index (χ0) is 14.9. The molecule has 1 aromatic rings. The summed E-state index contributed by atoms with van der Waals surface area (Å²) in [7, 11) is 1.78. The molecule has 2 aliphatic rings. The molecule has 0 unspecified atom stereocenters. The Labute approximate surface area is 124 Å². The molecule has 2 saturated heterocycles. The molecule has 2 heterocycles. The number of benzene rings is 1. The number of carbonyl (C=O) groups is 1. The van der Waals surface area contributed by atoms with Crippen LogP contribution in [0.1, 0.15) is 24.0 Å². The minimum Gasteiger partial charge on any atom is -0.440 e. The van der Waals surface area contributed by atoms with Crippen LogP contribution in [-0.4, -0.2) is 48.2 Å². The summed E-state index contributed by atoms with van der Waals surface area (Å²) in [6.07, 6.45) is 1.70. The monoisotopic (exact) mass is 285 g/mol. The maximum atomic E-state index is 11.7. The molecule has 0 radical (unpaired) electrons. The molecule has 1 spiro atoms. The van der Waals surface area contributed by atoms with Crippen LogP contribution in [0.15, 0.2) is 24.3 Å². The molecular formula is C16H19N3O2. The summed E-state index contributed by atoms with van der Waals surface area (Å²) in [5, 5.41) is 9.18. The molecule has 5 nitrogen and oxygen atoms in total. The Balaban J connectivity index is 1.73. The normalized spacial score (nSPS) is 25.9. The van der Waals surface area contributed by atoms with Crippen LogP contribution in [0.2, 0.25) is 0 Å². The highest BCUT2D eigenvalue weighted by Crippen LogP contribution is 2.32. The van der Waals surface area contributed by atoms with E-state index in [0.29, 0.717) is 6.54 Å². The molecular weight excluding hydrogens is 266 g/mol. The van der Waals surface area contributed by atoms with Gasteiger partial charge in [0.1, 0.15) is 5.60 Å². The van der Waals surface area contributed by atoms with Crippen molar-refractivity contribution >= 4 is 6.09 Å². The molecule has 3 rings (SSSR count). The van der Waals surface area contributed by atoms with Gasteiger partial charge in [0.05, 0.1) is 18.2 Å². The van der Waals surface area contributed by atoms with Gasteiger partial charge in [0.2, 0.25) is 0 Å². The minimum absolute atomic E-state index is 0.228. The third-order valence-corrected chi connectivity index (χ3v) is 4.29. The number of rotatable bonds is 2. The van der Waals surface area contributed by atoms with E-state index >= 15 is 0 Å². The number of hydrogen-bond donors (Lipinski definition) is 0. The largest absolute Gasteiger partial charge is 0.440 e. The second-order valence-corrected chi connectivity index (χ2v) is 5.99. The maximum absolute atomic E-state index is 11.7. The summed E-state index contributed by atoms with van der Waals surface area (Å²) in [4.78, 5) is 15.6. The van der Waals surface area contributed by atoms with Crippen molar-refractivity contribution in [2.75, 3.05) is 26.7 Å². The summed E-state index contributed by atoms with van der Waals surface area (Å²) < 4.78 is 5.61.